The first-order valence-electron chi connectivity index (χ1n) is 6.75. The Kier molecular flexibility index (Phi) is 7.32. The van der Waals surface area contributed by atoms with E-state index in [4.69, 9.17) is 0 Å². The number of hydrogen-bond acceptors (Lipinski definition) is 5. The SMILES string of the molecule is CCCCCCCC(c1ncccc1[N+](=O)[O-])S(=O)[O-]. The Morgan fingerprint density at radius 1 is 1.35 bits per heavy atom. The molecule has 0 saturated carbocycles. The highest BCUT2D eigenvalue weighted by molar-refractivity contribution is 7.79. The summed E-state index contributed by atoms with van der Waals surface area (Å²) in [5.41, 5.74) is -0.184. The first kappa shape index (κ1) is 16.7. The number of rotatable bonds is 9. The summed E-state index contributed by atoms with van der Waals surface area (Å²) < 4.78 is 22.7. The summed E-state index contributed by atoms with van der Waals surface area (Å²) in [4.78, 5) is 14.2. The molecule has 0 aliphatic carbocycles. The van der Waals surface area contributed by atoms with E-state index in [0.29, 0.717) is 6.42 Å². The number of pyridine rings is 1. The number of aromatic nitrogens is 1. The summed E-state index contributed by atoms with van der Waals surface area (Å²) in [5, 5.41) is 10.0. The molecule has 1 rings (SSSR count). The Bertz CT molecular complexity index is 467. The Morgan fingerprint density at radius 2 is 2.05 bits per heavy atom. The van der Waals surface area contributed by atoms with E-state index in [1.54, 1.807) is 0 Å². The van der Waals surface area contributed by atoms with Crippen LogP contribution in [0.3, 0.4) is 0 Å². The van der Waals surface area contributed by atoms with Crippen molar-refractivity contribution in [1.82, 2.24) is 4.98 Å². The summed E-state index contributed by atoms with van der Waals surface area (Å²) in [6.07, 6.45) is 6.71. The van der Waals surface area contributed by atoms with E-state index in [2.05, 4.69) is 11.9 Å². The van der Waals surface area contributed by atoms with Gasteiger partial charge in [-0.1, -0.05) is 39.0 Å². The third-order valence-corrected chi connectivity index (χ3v) is 4.04. The molecule has 0 bridgehead atoms. The lowest BCUT2D eigenvalue weighted by Crippen LogP contribution is -2.10. The second kappa shape index (κ2) is 8.76. The van der Waals surface area contributed by atoms with E-state index >= 15 is 0 Å². The number of unbranched alkanes of at least 4 members (excludes halogenated alkanes) is 4. The van der Waals surface area contributed by atoms with E-state index in [-0.39, 0.29) is 11.4 Å². The molecule has 2 unspecified atom stereocenters. The fourth-order valence-corrected chi connectivity index (χ4v) is 2.79. The van der Waals surface area contributed by atoms with E-state index in [1.165, 1.54) is 18.3 Å². The van der Waals surface area contributed by atoms with E-state index in [0.717, 1.165) is 32.1 Å². The van der Waals surface area contributed by atoms with Gasteiger partial charge >= 0.3 is 0 Å². The monoisotopic (exact) mass is 299 g/mol. The number of nitrogens with zero attached hydrogens (tertiary/aromatic N) is 2. The first-order valence-corrected chi connectivity index (χ1v) is 7.89. The van der Waals surface area contributed by atoms with Crippen LogP contribution < -0.4 is 0 Å². The van der Waals surface area contributed by atoms with Crippen LogP contribution >= 0.6 is 0 Å². The Labute approximate surface area is 121 Å². The van der Waals surface area contributed by atoms with Crippen LogP contribution in [0.2, 0.25) is 0 Å². The third-order valence-electron chi connectivity index (χ3n) is 3.12. The van der Waals surface area contributed by atoms with Crippen molar-refractivity contribution < 1.29 is 13.7 Å². The minimum Gasteiger partial charge on any atom is -0.772 e. The maximum atomic E-state index is 11.3. The lowest BCUT2D eigenvalue weighted by Gasteiger charge is -2.18. The van der Waals surface area contributed by atoms with Gasteiger partial charge in [0.25, 0.3) is 5.69 Å². The molecule has 0 fully saturated rings. The molecule has 1 heterocycles. The zero-order valence-corrected chi connectivity index (χ0v) is 12.3. The second-order valence-corrected chi connectivity index (χ2v) is 5.71. The Balaban J connectivity index is 2.76. The van der Waals surface area contributed by atoms with Crippen molar-refractivity contribution in [3.05, 3.63) is 34.1 Å². The molecule has 7 heteroatoms. The summed E-state index contributed by atoms with van der Waals surface area (Å²) >= 11 is -2.41. The molecular formula is C13H19N2O4S-. The van der Waals surface area contributed by atoms with Crippen LogP contribution in [0, 0.1) is 10.1 Å². The van der Waals surface area contributed by atoms with Gasteiger partial charge < -0.3 is 4.55 Å². The standard InChI is InChI=1S/C13H20N2O4S/c1-2-3-4-5-6-9-12(20(18)19)13-11(15(16)17)8-7-10-14-13/h7-8,10,12H,2-6,9H2,1H3,(H,18,19)/p-1. The van der Waals surface area contributed by atoms with Crippen molar-refractivity contribution >= 4 is 16.8 Å². The van der Waals surface area contributed by atoms with Crippen molar-refractivity contribution in [2.75, 3.05) is 0 Å². The van der Waals surface area contributed by atoms with Crippen LogP contribution in [-0.2, 0) is 11.1 Å². The maximum absolute atomic E-state index is 11.3. The third kappa shape index (κ3) is 4.97. The molecule has 0 N–H and O–H groups in total. The van der Waals surface area contributed by atoms with Gasteiger partial charge in [0.2, 0.25) is 0 Å². The van der Waals surface area contributed by atoms with E-state index < -0.39 is 21.3 Å². The maximum Gasteiger partial charge on any atom is 0.291 e. The summed E-state index contributed by atoms with van der Waals surface area (Å²) in [5.74, 6) is 0. The van der Waals surface area contributed by atoms with Crippen molar-refractivity contribution in [2.24, 2.45) is 0 Å². The number of nitro groups is 1. The minimum atomic E-state index is -2.41. The zero-order valence-electron chi connectivity index (χ0n) is 11.5. The van der Waals surface area contributed by atoms with Crippen molar-refractivity contribution in [3.8, 4) is 0 Å². The van der Waals surface area contributed by atoms with Crippen LogP contribution in [0.4, 0.5) is 5.69 Å². The Hall–Kier alpha value is -1.34. The normalized spacial score (nSPS) is 13.9. The molecule has 0 radical (unpaired) electrons. The van der Waals surface area contributed by atoms with Crippen molar-refractivity contribution in [1.29, 1.82) is 0 Å². The smallest absolute Gasteiger partial charge is 0.291 e. The topological polar surface area (TPSA) is 96.2 Å². The second-order valence-electron chi connectivity index (χ2n) is 4.62. The molecular weight excluding hydrogens is 280 g/mol. The predicted molar refractivity (Wildman–Crippen MR) is 75.9 cm³/mol. The fourth-order valence-electron chi connectivity index (χ4n) is 2.07. The van der Waals surface area contributed by atoms with Gasteiger partial charge in [-0.2, -0.15) is 0 Å². The zero-order chi connectivity index (χ0) is 15.0. The molecule has 0 aliphatic heterocycles. The van der Waals surface area contributed by atoms with Gasteiger partial charge in [-0.15, -0.1) is 0 Å². The van der Waals surface area contributed by atoms with Crippen molar-refractivity contribution in [3.63, 3.8) is 0 Å². The lowest BCUT2D eigenvalue weighted by molar-refractivity contribution is -0.386. The molecule has 0 saturated heterocycles. The summed E-state index contributed by atoms with van der Waals surface area (Å²) in [6.45, 7) is 2.10. The molecule has 0 aromatic carbocycles. The van der Waals surface area contributed by atoms with Gasteiger partial charge in [0.05, 0.1) is 10.2 Å². The van der Waals surface area contributed by atoms with Crippen LogP contribution in [0.5, 0.6) is 0 Å². The molecule has 0 aliphatic rings. The van der Waals surface area contributed by atoms with Crippen LogP contribution in [-0.4, -0.2) is 18.7 Å². The molecule has 0 spiro atoms. The quantitative estimate of drug-likeness (QED) is 0.302. The lowest BCUT2D eigenvalue weighted by atomic mass is 10.1. The van der Waals surface area contributed by atoms with Gasteiger partial charge in [0.15, 0.2) is 0 Å². The molecule has 6 nitrogen and oxygen atoms in total. The molecule has 2 atom stereocenters. The van der Waals surface area contributed by atoms with Crippen LogP contribution in [0.1, 0.15) is 56.4 Å². The largest absolute Gasteiger partial charge is 0.772 e. The Morgan fingerprint density at radius 3 is 2.65 bits per heavy atom. The highest BCUT2D eigenvalue weighted by atomic mass is 32.2. The summed E-state index contributed by atoms with van der Waals surface area (Å²) in [6, 6.07) is 2.73. The highest BCUT2D eigenvalue weighted by Crippen LogP contribution is 2.30. The first-order chi connectivity index (χ1) is 9.57. The van der Waals surface area contributed by atoms with Gasteiger partial charge in [0, 0.05) is 12.3 Å². The van der Waals surface area contributed by atoms with E-state index in [1.807, 2.05) is 0 Å². The summed E-state index contributed by atoms with van der Waals surface area (Å²) in [7, 11) is 0. The van der Waals surface area contributed by atoms with Gasteiger partial charge in [-0.3, -0.25) is 19.3 Å². The van der Waals surface area contributed by atoms with Crippen LogP contribution in [0.25, 0.3) is 0 Å². The average Bonchev–Trinajstić information content (AvgIpc) is 2.42. The number of hydrogen-bond donors (Lipinski definition) is 0. The predicted octanol–water partition coefficient (Wildman–Crippen LogP) is 3.27. The van der Waals surface area contributed by atoms with Gasteiger partial charge in [-0.05, 0) is 23.6 Å². The fraction of sp³-hybridized carbons (Fsp3) is 0.615. The average molecular weight is 299 g/mol. The van der Waals surface area contributed by atoms with Crippen LogP contribution in [0.15, 0.2) is 18.3 Å². The van der Waals surface area contributed by atoms with Gasteiger partial charge in [0.1, 0.15) is 5.69 Å². The van der Waals surface area contributed by atoms with Crippen molar-refractivity contribution in [2.45, 2.75) is 50.7 Å². The minimum absolute atomic E-state index is 0.0429. The highest BCUT2D eigenvalue weighted by Gasteiger charge is 2.23. The molecule has 112 valence electrons. The molecule has 1 aromatic rings. The van der Waals surface area contributed by atoms with E-state index in [9.17, 15) is 18.9 Å². The van der Waals surface area contributed by atoms with Gasteiger partial charge in [-0.25, -0.2) is 0 Å². The molecule has 1 aromatic heterocycles. The molecule has 20 heavy (non-hydrogen) atoms. The molecule has 0 amide bonds.